The van der Waals surface area contributed by atoms with E-state index in [0.717, 1.165) is 19.4 Å². The molecule has 1 atom stereocenters. The summed E-state index contributed by atoms with van der Waals surface area (Å²) >= 11 is 0. The molecule has 0 bridgehead atoms. The van der Waals surface area contributed by atoms with Crippen molar-refractivity contribution in [3.8, 4) is 0 Å². The van der Waals surface area contributed by atoms with Crippen LogP contribution in [0.4, 0.5) is 4.79 Å². The maximum atomic E-state index is 10.7. The van der Waals surface area contributed by atoms with Crippen molar-refractivity contribution >= 4 is 6.03 Å². The van der Waals surface area contributed by atoms with Gasteiger partial charge in [-0.1, -0.05) is 0 Å². The minimum Gasteiger partial charge on any atom is -0.376 e. The predicted octanol–water partition coefficient (Wildman–Crippen LogP) is -0.272. The lowest BCUT2D eigenvalue weighted by Gasteiger charge is -2.22. The summed E-state index contributed by atoms with van der Waals surface area (Å²) in [6, 6.07) is -0.357. The zero-order chi connectivity index (χ0) is 8.81. The third kappa shape index (κ3) is 3.06. The van der Waals surface area contributed by atoms with Gasteiger partial charge in [0.2, 0.25) is 0 Å². The number of hydrogen-bond donors (Lipinski definition) is 3. The van der Waals surface area contributed by atoms with E-state index >= 15 is 0 Å². The van der Waals surface area contributed by atoms with E-state index in [9.17, 15) is 4.79 Å². The topological polar surface area (TPSA) is 76.4 Å². The van der Waals surface area contributed by atoms with Gasteiger partial charge in [0.05, 0.1) is 6.10 Å². The summed E-state index contributed by atoms with van der Waals surface area (Å²) in [6.07, 6.45) is 3.48. The van der Waals surface area contributed by atoms with Crippen LogP contribution in [0.3, 0.4) is 0 Å². The Balaban J connectivity index is 2.09. The molecule has 5 heteroatoms. The third-order valence-electron chi connectivity index (χ3n) is 1.90. The highest BCUT2D eigenvalue weighted by molar-refractivity contribution is 5.72. The van der Waals surface area contributed by atoms with Gasteiger partial charge in [0.25, 0.3) is 0 Å². The van der Waals surface area contributed by atoms with Crippen molar-refractivity contribution in [3.05, 3.63) is 0 Å². The normalized spacial score (nSPS) is 23.2. The number of rotatable bonds is 2. The van der Waals surface area contributed by atoms with Gasteiger partial charge in [-0.05, 0) is 19.3 Å². The molecule has 70 valence electrons. The largest absolute Gasteiger partial charge is 0.376 e. The van der Waals surface area contributed by atoms with Gasteiger partial charge in [-0.2, -0.15) is 0 Å². The minimum atomic E-state index is -0.357. The Kier molecular flexibility index (Phi) is 3.83. The highest BCUT2D eigenvalue weighted by Gasteiger charge is 2.13. The number of nitrogens with one attached hydrogen (secondary N) is 2. The molecule has 0 aromatic heterocycles. The smallest absolute Gasteiger partial charge is 0.328 e. The molecule has 0 aliphatic carbocycles. The van der Waals surface area contributed by atoms with Gasteiger partial charge in [-0.15, -0.1) is 0 Å². The molecule has 0 radical (unpaired) electrons. The predicted molar refractivity (Wildman–Crippen MR) is 44.3 cm³/mol. The van der Waals surface area contributed by atoms with Crippen molar-refractivity contribution in [1.29, 1.82) is 0 Å². The molecule has 12 heavy (non-hydrogen) atoms. The summed E-state index contributed by atoms with van der Waals surface area (Å²) in [7, 11) is 0. The number of nitrogens with two attached hydrogens (primary N) is 1. The van der Waals surface area contributed by atoms with E-state index < -0.39 is 0 Å². The highest BCUT2D eigenvalue weighted by Crippen LogP contribution is 2.11. The van der Waals surface area contributed by atoms with Gasteiger partial charge in [-0.25, -0.2) is 10.6 Å². The average molecular weight is 173 g/mol. The molecule has 1 fully saturated rings. The molecule has 5 nitrogen and oxygen atoms in total. The Labute approximate surface area is 71.6 Å². The van der Waals surface area contributed by atoms with Crippen LogP contribution in [-0.2, 0) is 4.74 Å². The van der Waals surface area contributed by atoms with Crippen LogP contribution in [0.5, 0.6) is 0 Å². The molecule has 1 rings (SSSR count). The maximum absolute atomic E-state index is 10.7. The zero-order valence-electron chi connectivity index (χ0n) is 7.01. The lowest BCUT2D eigenvalue weighted by atomic mass is 10.1. The van der Waals surface area contributed by atoms with Crippen molar-refractivity contribution in [1.82, 2.24) is 10.7 Å². The number of hydrazine groups is 1. The molecule has 0 saturated carbocycles. The first-order valence-corrected chi connectivity index (χ1v) is 4.19. The quantitative estimate of drug-likeness (QED) is 0.305. The van der Waals surface area contributed by atoms with Crippen molar-refractivity contribution in [2.24, 2.45) is 5.84 Å². The monoisotopic (exact) mass is 173 g/mol. The fraction of sp³-hybridized carbons (Fsp3) is 0.857. The molecule has 2 amide bonds. The van der Waals surface area contributed by atoms with Crippen molar-refractivity contribution < 1.29 is 9.53 Å². The first kappa shape index (κ1) is 9.28. The first-order chi connectivity index (χ1) is 5.83. The van der Waals surface area contributed by atoms with Crippen LogP contribution in [0, 0.1) is 0 Å². The van der Waals surface area contributed by atoms with E-state index in [2.05, 4.69) is 5.32 Å². The first-order valence-electron chi connectivity index (χ1n) is 4.19. The van der Waals surface area contributed by atoms with E-state index in [4.69, 9.17) is 10.6 Å². The molecule has 0 aromatic rings. The number of carbonyl (C=O) groups is 1. The Morgan fingerprint density at radius 1 is 1.58 bits per heavy atom. The Morgan fingerprint density at radius 3 is 3.00 bits per heavy atom. The van der Waals surface area contributed by atoms with Crippen LogP contribution in [0.15, 0.2) is 0 Å². The lowest BCUT2D eigenvalue weighted by molar-refractivity contribution is 0.0185. The van der Waals surface area contributed by atoms with Gasteiger partial charge in [0, 0.05) is 13.2 Å². The van der Waals surface area contributed by atoms with E-state index in [-0.39, 0.29) is 12.1 Å². The molecule has 1 heterocycles. The fourth-order valence-electron chi connectivity index (χ4n) is 1.23. The second kappa shape index (κ2) is 4.95. The van der Waals surface area contributed by atoms with Gasteiger partial charge >= 0.3 is 6.03 Å². The molecule has 4 N–H and O–H groups in total. The van der Waals surface area contributed by atoms with Gasteiger partial charge in [0.1, 0.15) is 0 Å². The summed E-state index contributed by atoms with van der Waals surface area (Å²) in [5, 5.41) is 2.60. The molecule has 1 saturated heterocycles. The fourth-order valence-corrected chi connectivity index (χ4v) is 1.23. The van der Waals surface area contributed by atoms with Crippen LogP contribution < -0.4 is 16.6 Å². The Hall–Kier alpha value is -0.810. The lowest BCUT2D eigenvalue weighted by Crippen LogP contribution is -2.44. The average Bonchev–Trinajstić information content (AvgIpc) is 2.16. The van der Waals surface area contributed by atoms with Crippen LogP contribution in [0.25, 0.3) is 0 Å². The summed E-state index contributed by atoms with van der Waals surface area (Å²) in [4.78, 5) is 10.7. The molecular formula is C7H15N3O2. The number of hydrogen-bond acceptors (Lipinski definition) is 3. The number of urea groups is 1. The summed E-state index contributed by atoms with van der Waals surface area (Å²) in [5.74, 6) is 4.88. The van der Waals surface area contributed by atoms with E-state index in [1.165, 1.54) is 6.42 Å². The second-order valence-electron chi connectivity index (χ2n) is 2.84. The number of amides is 2. The number of carbonyl (C=O) groups excluding carboxylic acids is 1. The minimum absolute atomic E-state index is 0.163. The Morgan fingerprint density at radius 2 is 2.42 bits per heavy atom. The second-order valence-corrected chi connectivity index (χ2v) is 2.84. The summed E-state index contributed by atoms with van der Waals surface area (Å²) in [5.41, 5.74) is 2.00. The molecular weight excluding hydrogens is 158 g/mol. The standard InChI is InChI=1S/C7H15N3O2/c8-10-7(11)9-5-6-3-1-2-4-12-6/h6H,1-5,8H2,(H2,9,10,11). The van der Waals surface area contributed by atoms with Crippen molar-refractivity contribution in [2.75, 3.05) is 13.2 Å². The Bertz CT molecular complexity index is 146. The summed E-state index contributed by atoms with van der Waals surface area (Å²) < 4.78 is 5.39. The van der Waals surface area contributed by atoms with E-state index in [0.29, 0.717) is 6.54 Å². The van der Waals surface area contributed by atoms with E-state index in [1.807, 2.05) is 5.43 Å². The molecule has 1 unspecified atom stereocenters. The van der Waals surface area contributed by atoms with Crippen LogP contribution in [0.2, 0.25) is 0 Å². The van der Waals surface area contributed by atoms with Crippen LogP contribution in [-0.4, -0.2) is 25.3 Å². The molecule has 0 aromatic carbocycles. The SMILES string of the molecule is NNC(=O)NCC1CCCCO1. The van der Waals surface area contributed by atoms with Crippen molar-refractivity contribution in [2.45, 2.75) is 25.4 Å². The molecule has 1 aliphatic rings. The molecule has 0 spiro atoms. The highest BCUT2D eigenvalue weighted by atomic mass is 16.5. The van der Waals surface area contributed by atoms with Gasteiger partial charge < -0.3 is 10.1 Å². The van der Waals surface area contributed by atoms with Gasteiger partial charge in [-0.3, -0.25) is 5.43 Å². The molecule has 1 aliphatic heterocycles. The van der Waals surface area contributed by atoms with Gasteiger partial charge in [0.15, 0.2) is 0 Å². The van der Waals surface area contributed by atoms with Crippen LogP contribution in [0.1, 0.15) is 19.3 Å². The number of ether oxygens (including phenoxy) is 1. The van der Waals surface area contributed by atoms with Crippen molar-refractivity contribution in [3.63, 3.8) is 0 Å². The van der Waals surface area contributed by atoms with E-state index in [1.54, 1.807) is 0 Å². The van der Waals surface area contributed by atoms with Crippen LogP contribution >= 0.6 is 0 Å². The third-order valence-corrected chi connectivity index (χ3v) is 1.90. The maximum Gasteiger partial charge on any atom is 0.328 e. The zero-order valence-corrected chi connectivity index (χ0v) is 7.01. The summed E-state index contributed by atoms with van der Waals surface area (Å²) in [6.45, 7) is 1.35.